The summed E-state index contributed by atoms with van der Waals surface area (Å²) in [7, 11) is 0. The zero-order valence-electron chi connectivity index (χ0n) is 9.64. The number of rotatable bonds is 3. The molecule has 0 radical (unpaired) electrons. The van der Waals surface area contributed by atoms with E-state index in [1.807, 2.05) is 48.0 Å². The van der Waals surface area contributed by atoms with Gasteiger partial charge in [0.25, 0.3) is 5.91 Å². The maximum atomic E-state index is 12.1. The molecule has 3 aromatic rings. The molecule has 2 N–H and O–H groups in total. The Morgan fingerprint density at radius 1 is 1.22 bits per heavy atom. The summed E-state index contributed by atoms with van der Waals surface area (Å²) in [5.41, 5.74) is 1.58. The molecule has 1 amide bonds. The van der Waals surface area contributed by atoms with E-state index < -0.39 is 0 Å². The second-order valence-corrected chi connectivity index (χ2v) is 5.04. The molecule has 0 fully saturated rings. The van der Waals surface area contributed by atoms with E-state index in [1.165, 1.54) is 0 Å². The monoisotopic (exact) mass is 256 g/mol. The van der Waals surface area contributed by atoms with Crippen LogP contribution >= 0.6 is 11.3 Å². The van der Waals surface area contributed by atoms with Gasteiger partial charge in [0.15, 0.2) is 0 Å². The van der Waals surface area contributed by atoms with E-state index in [-0.39, 0.29) is 5.91 Å². The molecular formula is C14H12N2OS. The largest absolute Gasteiger partial charge is 0.361 e. The molecule has 0 aliphatic heterocycles. The molecule has 3 nitrogen and oxygen atoms in total. The van der Waals surface area contributed by atoms with Gasteiger partial charge in [0.05, 0.1) is 17.6 Å². The Bertz CT molecular complexity index is 670. The van der Waals surface area contributed by atoms with Crippen molar-refractivity contribution < 1.29 is 4.79 Å². The minimum Gasteiger partial charge on any atom is -0.361 e. The lowest BCUT2D eigenvalue weighted by Gasteiger charge is -2.05. The van der Waals surface area contributed by atoms with Crippen molar-refractivity contribution in [1.29, 1.82) is 0 Å². The number of amides is 1. The number of aromatic nitrogens is 1. The summed E-state index contributed by atoms with van der Waals surface area (Å²) < 4.78 is 0. The van der Waals surface area contributed by atoms with Crippen molar-refractivity contribution in [2.75, 3.05) is 0 Å². The summed E-state index contributed by atoms with van der Waals surface area (Å²) in [4.78, 5) is 16.4. The lowest BCUT2D eigenvalue weighted by atomic mass is 10.1. The summed E-state index contributed by atoms with van der Waals surface area (Å²) in [5, 5.41) is 6.00. The van der Waals surface area contributed by atoms with Crippen LogP contribution in [0.1, 0.15) is 15.2 Å². The Kier molecular flexibility index (Phi) is 2.86. The van der Waals surface area contributed by atoms with Crippen LogP contribution in [0.3, 0.4) is 0 Å². The van der Waals surface area contributed by atoms with E-state index in [0.29, 0.717) is 12.1 Å². The number of hydrogen-bond acceptors (Lipinski definition) is 2. The molecule has 0 bridgehead atoms. The van der Waals surface area contributed by atoms with Gasteiger partial charge in [-0.15, -0.1) is 11.3 Å². The summed E-state index contributed by atoms with van der Waals surface area (Å²) in [6.07, 6.45) is 1.85. The lowest BCUT2D eigenvalue weighted by molar-refractivity contribution is 0.0953. The Hall–Kier alpha value is -2.07. The van der Waals surface area contributed by atoms with Crippen LogP contribution < -0.4 is 5.32 Å². The molecule has 4 heteroatoms. The van der Waals surface area contributed by atoms with Crippen LogP contribution in [-0.2, 0) is 6.54 Å². The van der Waals surface area contributed by atoms with Crippen LogP contribution in [0.4, 0.5) is 0 Å². The topological polar surface area (TPSA) is 44.9 Å². The Labute approximate surface area is 108 Å². The number of hydrogen-bond donors (Lipinski definition) is 2. The first-order valence-corrected chi connectivity index (χ1v) is 6.59. The predicted molar refractivity (Wildman–Crippen MR) is 73.8 cm³/mol. The zero-order valence-corrected chi connectivity index (χ0v) is 10.5. The molecule has 0 spiro atoms. The maximum absolute atomic E-state index is 12.1. The van der Waals surface area contributed by atoms with Gasteiger partial charge in [-0.25, -0.2) is 0 Å². The fraction of sp³-hybridized carbons (Fsp3) is 0.0714. The van der Waals surface area contributed by atoms with Crippen molar-refractivity contribution in [2.45, 2.75) is 6.54 Å². The molecule has 2 aromatic heterocycles. The van der Waals surface area contributed by atoms with Crippen LogP contribution in [0.25, 0.3) is 10.9 Å². The first-order chi connectivity index (χ1) is 8.84. The van der Waals surface area contributed by atoms with E-state index in [2.05, 4.69) is 10.3 Å². The van der Waals surface area contributed by atoms with Crippen LogP contribution in [0.2, 0.25) is 0 Å². The summed E-state index contributed by atoms with van der Waals surface area (Å²) in [6, 6.07) is 11.7. The van der Waals surface area contributed by atoms with E-state index in [0.717, 1.165) is 15.8 Å². The first-order valence-electron chi connectivity index (χ1n) is 5.71. The van der Waals surface area contributed by atoms with Gasteiger partial charge in [-0.3, -0.25) is 4.79 Å². The van der Waals surface area contributed by atoms with Crippen LogP contribution in [0.5, 0.6) is 0 Å². The van der Waals surface area contributed by atoms with Gasteiger partial charge in [0.1, 0.15) is 0 Å². The van der Waals surface area contributed by atoms with Crippen molar-refractivity contribution in [3.8, 4) is 0 Å². The van der Waals surface area contributed by atoms with E-state index in [9.17, 15) is 4.79 Å². The van der Waals surface area contributed by atoms with Gasteiger partial charge < -0.3 is 10.3 Å². The molecule has 3 rings (SSSR count). The number of carbonyl (C=O) groups is 1. The van der Waals surface area contributed by atoms with Gasteiger partial charge in [0.2, 0.25) is 0 Å². The summed E-state index contributed by atoms with van der Waals surface area (Å²) in [6.45, 7) is 0.577. The molecule has 90 valence electrons. The number of thiophene rings is 1. The smallest absolute Gasteiger partial charge is 0.253 e. The number of benzene rings is 1. The normalized spacial score (nSPS) is 10.7. The third-order valence-corrected chi connectivity index (χ3v) is 3.71. The molecular weight excluding hydrogens is 244 g/mol. The third-order valence-electron chi connectivity index (χ3n) is 2.84. The van der Waals surface area contributed by atoms with Crippen molar-refractivity contribution in [1.82, 2.24) is 10.3 Å². The highest BCUT2D eigenvalue weighted by Crippen LogP contribution is 2.17. The van der Waals surface area contributed by atoms with Crippen molar-refractivity contribution in [3.05, 3.63) is 58.4 Å². The molecule has 1 aromatic carbocycles. The fourth-order valence-electron chi connectivity index (χ4n) is 1.95. The Morgan fingerprint density at radius 3 is 3.00 bits per heavy atom. The number of H-pyrrole nitrogens is 1. The van der Waals surface area contributed by atoms with Crippen molar-refractivity contribution in [2.24, 2.45) is 0 Å². The molecule has 18 heavy (non-hydrogen) atoms. The van der Waals surface area contributed by atoms with E-state index in [4.69, 9.17) is 0 Å². The van der Waals surface area contributed by atoms with Gasteiger partial charge in [0, 0.05) is 16.5 Å². The van der Waals surface area contributed by atoms with Crippen LogP contribution in [-0.4, -0.2) is 10.9 Å². The highest BCUT2D eigenvalue weighted by atomic mass is 32.1. The number of nitrogens with one attached hydrogen (secondary N) is 2. The van der Waals surface area contributed by atoms with Gasteiger partial charge in [-0.1, -0.05) is 18.2 Å². The van der Waals surface area contributed by atoms with E-state index >= 15 is 0 Å². The second-order valence-electron chi connectivity index (χ2n) is 4.01. The van der Waals surface area contributed by atoms with Crippen molar-refractivity contribution in [3.63, 3.8) is 0 Å². The number of para-hydroxylation sites is 1. The van der Waals surface area contributed by atoms with E-state index in [1.54, 1.807) is 11.3 Å². The summed E-state index contributed by atoms with van der Waals surface area (Å²) >= 11 is 1.64. The quantitative estimate of drug-likeness (QED) is 0.743. The first kappa shape index (κ1) is 11.0. The highest BCUT2D eigenvalue weighted by molar-refractivity contribution is 7.09. The molecule has 0 saturated carbocycles. The van der Waals surface area contributed by atoms with Crippen LogP contribution in [0, 0.1) is 0 Å². The summed E-state index contributed by atoms with van der Waals surface area (Å²) in [5.74, 6) is -0.0450. The highest BCUT2D eigenvalue weighted by Gasteiger charge is 2.10. The number of carbonyl (C=O) groups excluding carboxylic acids is 1. The number of aromatic amines is 1. The van der Waals surface area contributed by atoms with Gasteiger partial charge in [-0.05, 0) is 23.6 Å². The molecule has 0 atom stereocenters. The van der Waals surface area contributed by atoms with Gasteiger partial charge in [-0.2, -0.15) is 0 Å². The minimum atomic E-state index is -0.0450. The average Bonchev–Trinajstić information content (AvgIpc) is 3.05. The Morgan fingerprint density at radius 2 is 2.17 bits per heavy atom. The minimum absolute atomic E-state index is 0.0450. The molecule has 0 aliphatic rings. The predicted octanol–water partition coefficient (Wildman–Crippen LogP) is 3.16. The lowest BCUT2D eigenvalue weighted by Crippen LogP contribution is -2.22. The molecule has 0 aliphatic carbocycles. The molecule has 0 saturated heterocycles. The van der Waals surface area contributed by atoms with Gasteiger partial charge >= 0.3 is 0 Å². The number of fused-ring (bicyclic) bond motifs is 1. The Balaban J connectivity index is 1.81. The maximum Gasteiger partial charge on any atom is 0.253 e. The molecule has 0 unspecified atom stereocenters. The second kappa shape index (κ2) is 4.66. The zero-order chi connectivity index (χ0) is 12.4. The SMILES string of the molecule is O=C(NCc1cccs1)c1cccc2cc[nH]c12. The third kappa shape index (κ3) is 2.02. The molecule has 2 heterocycles. The average molecular weight is 256 g/mol. The van der Waals surface area contributed by atoms with Crippen molar-refractivity contribution >= 4 is 28.1 Å². The van der Waals surface area contributed by atoms with Crippen LogP contribution in [0.15, 0.2) is 48.0 Å². The standard InChI is InChI=1S/C14H12N2OS/c17-14(16-9-11-4-2-8-18-11)12-5-1-3-10-6-7-15-13(10)12/h1-8,15H,9H2,(H,16,17). The fourth-order valence-corrected chi connectivity index (χ4v) is 2.59.